The van der Waals surface area contributed by atoms with Crippen molar-refractivity contribution in [1.29, 1.82) is 0 Å². The summed E-state index contributed by atoms with van der Waals surface area (Å²) in [5.41, 5.74) is 2.24. The summed E-state index contributed by atoms with van der Waals surface area (Å²) in [5, 5.41) is 11.7. The fourth-order valence-corrected chi connectivity index (χ4v) is 1.90. The first kappa shape index (κ1) is 14.1. The molecule has 0 saturated heterocycles. The van der Waals surface area contributed by atoms with Crippen LogP contribution >= 0.6 is 0 Å². The molecular formula is C15H18N2O3. The van der Waals surface area contributed by atoms with Crippen LogP contribution < -0.4 is 10.2 Å². The van der Waals surface area contributed by atoms with Crippen molar-refractivity contribution in [3.8, 4) is 0 Å². The average Bonchev–Trinajstić information content (AvgIpc) is 2.86. The molecule has 1 aromatic carbocycles. The van der Waals surface area contributed by atoms with E-state index in [0.29, 0.717) is 17.9 Å². The molecule has 0 aliphatic heterocycles. The van der Waals surface area contributed by atoms with Gasteiger partial charge in [0.1, 0.15) is 5.76 Å². The molecule has 2 rings (SSSR count). The number of aryl methyl sites for hydroxylation is 1. The molecule has 0 saturated carbocycles. The summed E-state index contributed by atoms with van der Waals surface area (Å²) in [6, 6.07) is 9.10. The smallest absolute Gasteiger partial charge is 0.259 e. The number of nitrogens with one attached hydrogen (secondary N) is 1. The van der Waals surface area contributed by atoms with E-state index in [1.54, 1.807) is 13.0 Å². The molecular weight excluding hydrogens is 256 g/mol. The highest BCUT2D eigenvalue weighted by Gasteiger charge is 2.11. The predicted octanol–water partition coefficient (Wildman–Crippen LogP) is 2.27. The van der Waals surface area contributed by atoms with Crippen LogP contribution in [0.15, 0.2) is 41.0 Å². The Morgan fingerprint density at radius 2 is 2.00 bits per heavy atom. The molecule has 0 fully saturated rings. The predicted molar refractivity (Wildman–Crippen MR) is 78.2 cm³/mol. The summed E-state index contributed by atoms with van der Waals surface area (Å²) in [4.78, 5) is 13.9. The molecule has 2 N–H and O–H groups in total. The van der Waals surface area contributed by atoms with Gasteiger partial charge in [-0.05, 0) is 37.3 Å². The SMILES string of the molecule is Cc1occc1C(=O)Nc1ccc(N(C)CCO)cc1. The highest BCUT2D eigenvalue weighted by atomic mass is 16.3. The van der Waals surface area contributed by atoms with Gasteiger partial charge in [-0.2, -0.15) is 0 Å². The Balaban J connectivity index is 2.04. The van der Waals surface area contributed by atoms with Gasteiger partial charge in [-0.15, -0.1) is 0 Å². The number of aliphatic hydroxyl groups is 1. The fourth-order valence-electron chi connectivity index (χ4n) is 1.90. The molecule has 5 heteroatoms. The van der Waals surface area contributed by atoms with Crippen molar-refractivity contribution < 1.29 is 14.3 Å². The first-order valence-electron chi connectivity index (χ1n) is 6.39. The molecule has 0 spiro atoms. The van der Waals surface area contributed by atoms with Crippen molar-refractivity contribution in [3.05, 3.63) is 47.9 Å². The molecule has 0 atom stereocenters. The Bertz CT molecular complexity index is 575. The van der Waals surface area contributed by atoms with Gasteiger partial charge in [-0.25, -0.2) is 0 Å². The van der Waals surface area contributed by atoms with Gasteiger partial charge in [0.05, 0.1) is 18.4 Å². The summed E-state index contributed by atoms with van der Waals surface area (Å²) in [7, 11) is 1.90. The topological polar surface area (TPSA) is 65.7 Å². The number of amides is 1. The number of carbonyl (C=O) groups is 1. The second-order valence-electron chi connectivity index (χ2n) is 4.54. The van der Waals surface area contributed by atoms with Crippen LogP contribution in [0.25, 0.3) is 0 Å². The maximum atomic E-state index is 12.0. The number of carbonyl (C=O) groups excluding carboxylic acids is 1. The molecule has 0 aliphatic carbocycles. The lowest BCUT2D eigenvalue weighted by atomic mass is 10.2. The molecule has 0 aliphatic rings. The second kappa shape index (κ2) is 6.25. The van der Waals surface area contributed by atoms with E-state index in [2.05, 4.69) is 5.32 Å². The zero-order chi connectivity index (χ0) is 14.5. The summed E-state index contributed by atoms with van der Waals surface area (Å²) in [6.45, 7) is 2.43. The lowest BCUT2D eigenvalue weighted by Gasteiger charge is -2.18. The van der Waals surface area contributed by atoms with Gasteiger partial charge < -0.3 is 19.7 Å². The van der Waals surface area contributed by atoms with Crippen molar-refractivity contribution in [3.63, 3.8) is 0 Å². The van der Waals surface area contributed by atoms with Crippen LogP contribution in [0.1, 0.15) is 16.1 Å². The van der Waals surface area contributed by atoms with Crippen LogP contribution in [0.2, 0.25) is 0 Å². The van der Waals surface area contributed by atoms with Gasteiger partial charge in [0.15, 0.2) is 0 Å². The van der Waals surface area contributed by atoms with Crippen molar-refractivity contribution in [2.75, 3.05) is 30.4 Å². The quantitative estimate of drug-likeness (QED) is 0.877. The number of nitrogens with zero attached hydrogens (tertiary/aromatic N) is 1. The Morgan fingerprint density at radius 1 is 1.30 bits per heavy atom. The van der Waals surface area contributed by atoms with E-state index in [1.807, 2.05) is 36.2 Å². The Hall–Kier alpha value is -2.27. The van der Waals surface area contributed by atoms with E-state index < -0.39 is 0 Å². The van der Waals surface area contributed by atoms with Crippen molar-refractivity contribution in [2.45, 2.75) is 6.92 Å². The number of anilines is 2. The minimum Gasteiger partial charge on any atom is -0.469 e. The summed E-state index contributed by atoms with van der Waals surface area (Å²) < 4.78 is 5.11. The van der Waals surface area contributed by atoms with Gasteiger partial charge in [-0.1, -0.05) is 0 Å². The molecule has 20 heavy (non-hydrogen) atoms. The van der Waals surface area contributed by atoms with Gasteiger partial charge in [0.25, 0.3) is 5.91 Å². The van der Waals surface area contributed by atoms with Crippen molar-refractivity contribution in [1.82, 2.24) is 0 Å². The lowest BCUT2D eigenvalue weighted by Crippen LogP contribution is -2.21. The zero-order valence-corrected chi connectivity index (χ0v) is 11.6. The average molecular weight is 274 g/mol. The molecule has 0 bridgehead atoms. The number of likely N-dealkylation sites (N-methyl/N-ethyl adjacent to an activating group) is 1. The van der Waals surface area contributed by atoms with Crippen molar-refractivity contribution in [2.24, 2.45) is 0 Å². The Labute approximate surface area is 117 Å². The number of furan rings is 1. The first-order valence-corrected chi connectivity index (χ1v) is 6.39. The van der Waals surface area contributed by atoms with Crippen LogP contribution in [0, 0.1) is 6.92 Å². The molecule has 0 unspecified atom stereocenters. The van der Waals surface area contributed by atoms with E-state index in [1.165, 1.54) is 6.26 Å². The largest absolute Gasteiger partial charge is 0.469 e. The molecule has 1 amide bonds. The zero-order valence-electron chi connectivity index (χ0n) is 11.6. The second-order valence-corrected chi connectivity index (χ2v) is 4.54. The first-order chi connectivity index (χ1) is 9.61. The maximum Gasteiger partial charge on any atom is 0.259 e. The maximum absolute atomic E-state index is 12.0. The third-order valence-corrected chi connectivity index (χ3v) is 3.10. The number of rotatable bonds is 5. The highest BCUT2D eigenvalue weighted by Crippen LogP contribution is 2.18. The minimum absolute atomic E-state index is 0.106. The summed E-state index contributed by atoms with van der Waals surface area (Å²) in [6.07, 6.45) is 1.50. The van der Waals surface area contributed by atoms with E-state index in [0.717, 1.165) is 11.4 Å². The van der Waals surface area contributed by atoms with Crippen LogP contribution in [-0.2, 0) is 0 Å². The normalized spacial score (nSPS) is 10.3. The molecule has 5 nitrogen and oxygen atoms in total. The molecule has 1 heterocycles. The lowest BCUT2D eigenvalue weighted by molar-refractivity contribution is 0.102. The minimum atomic E-state index is -0.187. The van der Waals surface area contributed by atoms with Gasteiger partial charge in [-0.3, -0.25) is 4.79 Å². The molecule has 106 valence electrons. The number of aliphatic hydroxyl groups excluding tert-OH is 1. The van der Waals surface area contributed by atoms with Gasteiger partial charge in [0.2, 0.25) is 0 Å². The monoisotopic (exact) mass is 274 g/mol. The third-order valence-electron chi connectivity index (χ3n) is 3.10. The van der Waals surface area contributed by atoms with Crippen LogP contribution in [-0.4, -0.2) is 31.2 Å². The van der Waals surface area contributed by atoms with Crippen molar-refractivity contribution >= 4 is 17.3 Å². The number of hydrogen-bond donors (Lipinski definition) is 2. The summed E-state index contributed by atoms with van der Waals surface area (Å²) in [5.74, 6) is 0.412. The van der Waals surface area contributed by atoms with E-state index in [4.69, 9.17) is 9.52 Å². The Morgan fingerprint density at radius 3 is 2.55 bits per heavy atom. The highest BCUT2D eigenvalue weighted by molar-refractivity contribution is 6.04. The molecule has 1 aromatic heterocycles. The fraction of sp³-hybridized carbons (Fsp3) is 0.267. The van der Waals surface area contributed by atoms with E-state index in [9.17, 15) is 4.79 Å². The van der Waals surface area contributed by atoms with E-state index >= 15 is 0 Å². The molecule has 2 aromatic rings. The number of hydrogen-bond acceptors (Lipinski definition) is 4. The van der Waals surface area contributed by atoms with Gasteiger partial charge >= 0.3 is 0 Å². The third kappa shape index (κ3) is 3.19. The van der Waals surface area contributed by atoms with Crippen LogP contribution in [0.5, 0.6) is 0 Å². The number of benzene rings is 1. The standard InChI is InChI=1S/C15H18N2O3/c1-11-14(7-10-20-11)15(19)16-12-3-5-13(6-4-12)17(2)8-9-18/h3-7,10,18H,8-9H2,1-2H3,(H,16,19). The van der Waals surface area contributed by atoms with E-state index in [-0.39, 0.29) is 12.5 Å². The van der Waals surface area contributed by atoms with Gasteiger partial charge in [0, 0.05) is 25.0 Å². The summed E-state index contributed by atoms with van der Waals surface area (Å²) >= 11 is 0. The molecule has 0 radical (unpaired) electrons. The Kier molecular flexibility index (Phi) is 4.42. The van der Waals surface area contributed by atoms with Crippen LogP contribution in [0.4, 0.5) is 11.4 Å². The van der Waals surface area contributed by atoms with Crippen LogP contribution in [0.3, 0.4) is 0 Å².